The van der Waals surface area contributed by atoms with Crippen molar-refractivity contribution < 1.29 is 17.6 Å². The minimum absolute atomic E-state index is 0.0916. The summed E-state index contributed by atoms with van der Waals surface area (Å²) < 4.78 is 40.6. The van der Waals surface area contributed by atoms with Gasteiger partial charge in [-0.2, -0.15) is 0 Å². The van der Waals surface area contributed by atoms with Gasteiger partial charge < -0.3 is 10.6 Å². The van der Waals surface area contributed by atoms with Gasteiger partial charge in [-0.15, -0.1) is 0 Å². The molecule has 0 aliphatic rings. The van der Waals surface area contributed by atoms with E-state index in [1.807, 2.05) is 30.3 Å². The van der Waals surface area contributed by atoms with Gasteiger partial charge in [0, 0.05) is 18.8 Å². The smallest absolute Gasteiger partial charge is 0.261 e. The standard InChI is InChI=1S/C22H22FN3O3S/c23-17-11-13-19(14-12-17)30(28,29)26-21-10-5-4-9-20(21)22(27)25-16-6-15-24-18-7-2-1-3-8-18/h1-5,7-14,24,26H,6,15-16H2,(H,25,27). The van der Waals surface area contributed by atoms with Crippen molar-refractivity contribution in [1.82, 2.24) is 5.32 Å². The average molecular weight is 428 g/mol. The van der Waals surface area contributed by atoms with Crippen molar-refractivity contribution in [3.63, 3.8) is 0 Å². The summed E-state index contributed by atoms with van der Waals surface area (Å²) in [5.74, 6) is -0.914. The maximum Gasteiger partial charge on any atom is 0.261 e. The molecule has 1 amide bonds. The van der Waals surface area contributed by atoms with E-state index in [4.69, 9.17) is 0 Å². The van der Waals surface area contributed by atoms with E-state index < -0.39 is 15.8 Å². The second kappa shape index (κ2) is 9.89. The van der Waals surface area contributed by atoms with E-state index in [0.717, 1.165) is 17.8 Å². The molecule has 0 bridgehead atoms. The van der Waals surface area contributed by atoms with Crippen molar-refractivity contribution in [2.45, 2.75) is 11.3 Å². The lowest BCUT2D eigenvalue weighted by Crippen LogP contribution is -2.27. The lowest BCUT2D eigenvalue weighted by Gasteiger charge is -2.13. The molecule has 8 heteroatoms. The van der Waals surface area contributed by atoms with Crippen LogP contribution in [0, 0.1) is 5.82 Å². The van der Waals surface area contributed by atoms with E-state index >= 15 is 0 Å². The molecule has 6 nitrogen and oxygen atoms in total. The molecule has 3 aromatic carbocycles. The van der Waals surface area contributed by atoms with Gasteiger partial charge in [0.25, 0.3) is 15.9 Å². The first-order valence-corrected chi connectivity index (χ1v) is 10.9. The molecular weight excluding hydrogens is 405 g/mol. The van der Waals surface area contributed by atoms with Gasteiger partial charge in [-0.3, -0.25) is 9.52 Å². The van der Waals surface area contributed by atoms with Crippen molar-refractivity contribution in [3.8, 4) is 0 Å². The minimum Gasteiger partial charge on any atom is -0.385 e. The fraction of sp³-hybridized carbons (Fsp3) is 0.136. The molecule has 0 aliphatic carbocycles. The molecule has 30 heavy (non-hydrogen) atoms. The van der Waals surface area contributed by atoms with Crippen LogP contribution in [0.5, 0.6) is 0 Å². The topological polar surface area (TPSA) is 87.3 Å². The zero-order chi connectivity index (χ0) is 21.4. The number of amides is 1. The summed E-state index contributed by atoms with van der Waals surface area (Å²) >= 11 is 0. The summed E-state index contributed by atoms with van der Waals surface area (Å²) in [5, 5.41) is 6.05. The molecule has 0 radical (unpaired) electrons. The van der Waals surface area contributed by atoms with Crippen LogP contribution < -0.4 is 15.4 Å². The lowest BCUT2D eigenvalue weighted by molar-refractivity contribution is 0.0954. The van der Waals surface area contributed by atoms with Gasteiger partial charge in [-0.25, -0.2) is 12.8 Å². The number of benzene rings is 3. The maximum atomic E-state index is 13.1. The Morgan fingerprint density at radius 2 is 1.50 bits per heavy atom. The third-order valence-corrected chi connectivity index (χ3v) is 5.66. The van der Waals surface area contributed by atoms with Gasteiger partial charge in [0.15, 0.2) is 0 Å². The molecule has 3 rings (SSSR count). The number of carbonyl (C=O) groups is 1. The normalized spacial score (nSPS) is 11.0. The number of nitrogens with one attached hydrogen (secondary N) is 3. The van der Waals surface area contributed by atoms with Gasteiger partial charge in [0.2, 0.25) is 0 Å². The number of halogens is 1. The van der Waals surface area contributed by atoms with Crippen molar-refractivity contribution in [1.29, 1.82) is 0 Å². The summed E-state index contributed by atoms with van der Waals surface area (Å²) in [4.78, 5) is 12.5. The molecule has 0 atom stereocenters. The van der Waals surface area contributed by atoms with E-state index in [2.05, 4.69) is 15.4 Å². The van der Waals surface area contributed by atoms with Crippen LogP contribution in [-0.4, -0.2) is 27.4 Å². The van der Waals surface area contributed by atoms with Crippen LogP contribution >= 0.6 is 0 Å². The Balaban J connectivity index is 1.58. The molecule has 3 aromatic rings. The van der Waals surface area contributed by atoms with Crippen molar-refractivity contribution in [2.24, 2.45) is 0 Å². The predicted octanol–water partition coefficient (Wildman–Crippen LogP) is 3.86. The molecule has 0 spiro atoms. The number of hydrogen-bond acceptors (Lipinski definition) is 4. The molecular formula is C22H22FN3O3S. The molecule has 0 aliphatic heterocycles. The first-order valence-electron chi connectivity index (χ1n) is 9.40. The van der Waals surface area contributed by atoms with Gasteiger partial charge in [-0.05, 0) is 55.0 Å². The van der Waals surface area contributed by atoms with Gasteiger partial charge >= 0.3 is 0 Å². The number of carbonyl (C=O) groups excluding carboxylic acids is 1. The highest BCUT2D eigenvalue weighted by atomic mass is 32.2. The Bertz CT molecular complexity index is 1090. The zero-order valence-corrected chi connectivity index (χ0v) is 17.0. The summed E-state index contributed by atoms with van der Waals surface area (Å²) in [7, 11) is -3.95. The highest BCUT2D eigenvalue weighted by molar-refractivity contribution is 7.92. The van der Waals surface area contributed by atoms with E-state index in [-0.39, 0.29) is 22.1 Å². The number of hydrogen-bond donors (Lipinski definition) is 3. The number of para-hydroxylation sites is 2. The van der Waals surface area contributed by atoms with E-state index in [1.54, 1.807) is 18.2 Å². The van der Waals surface area contributed by atoms with Gasteiger partial charge in [0.1, 0.15) is 5.82 Å². The van der Waals surface area contributed by atoms with Crippen molar-refractivity contribution in [2.75, 3.05) is 23.1 Å². The highest BCUT2D eigenvalue weighted by Gasteiger charge is 2.18. The number of rotatable bonds is 9. The monoisotopic (exact) mass is 427 g/mol. The quantitative estimate of drug-likeness (QED) is 0.453. The minimum atomic E-state index is -3.95. The van der Waals surface area contributed by atoms with Gasteiger partial charge in [-0.1, -0.05) is 30.3 Å². The zero-order valence-electron chi connectivity index (χ0n) is 16.1. The number of sulfonamides is 1. The maximum absolute atomic E-state index is 13.1. The number of anilines is 2. The SMILES string of the molecule is O=C(NCCCNc1ccccc1)c1ccccc1NS(=O)(=O)c1ccc(F)cc1. The third-order valence-electron chi connectivity index (χ3n) is 4.28. The lowest BCUT2D eigenvalue weighted by atomic mass is 10.1. The van der Waals surface area contributed by atoms with Gasteiger partial charge in [0.05, 0.1) is 16.1 Å². The first kappa shape index (κ1) is 21.3. The summed E-state index contributed by atoms with van der Waals surface area (Å²) in [5.41, 5.74) is 1.37. The Morgan fingerprint density at radius 1 is 0.833 bits per heavy atom. The Hall–Kier alpha value is -3.39. The average Bonchev–Trinajstić information content (AvgIpc) is 2.74. The molecule has 0 fully saturated rings. The summed E-state index contributed by atoms with van der Waals surface area (Å²) in [6, 6.07) is 20.5. The largest absolute Gasteiger partial charge is 0.385 e. The molecule has 0 saturated heterocycles. The van der Waals surface area contributed by atoms with Crippen LogP contribution in [0.3, 0.4) is 0 Å². The van der Waals surface area contributed by atoms with Crippen LogP contribution in [0.2, 0.25) is 0 Å². The van der Waals surface area contributed by atoms with Crippen molar-refractivity contribution in [3.05, 3.63) is 90.2 Å². The van der Waals surface area contributed by atoms with Crippen LogP contribution in [0.15, 0.2) is 83.8 Å². The molecule has 0 unspecified atom stereocenters. The van der Waals surface area contributed by atoms with Crippen molar-refractivity contribution >= 4 is 27.3 Å². The van der Waals surface area contributed by atoms with E-state index in [0.29, 0.717) is 19.5 Å². The van der Waals surface area contributed by atoms with E-state index in [9.17, 15) is 17.6 Å². The fourth-order valence-electron chi connectivity index (χ4n) is 2.76. The van der Waals surface area contributed by atoms with Crippen LogP contribution in [-0.2, 0) is 10.0 Å². The summed E-state index contributed by atoms with van der Waals surface area (Å²) in [6.45, 7) is 1.11. The molecule has 0 heterocycles. The Kier molecular flexibility index (Phi) is 7.03. The Labute approximate surface area is 175 Å². The Morgan fingerprint density at radius 3 is 2.23 bits per heavy atom. The van der Waals surface area contributed by atoms with E-state index in [1.165, 1.54) is 18.2 Å². The highest BCUT2D eigenvalue weighted by Crippen LogP contribution is 2.20. The molecule has 0 saturated carbocycles. The molecule has 156 valence electrons. The second-order valence-corrected chi connectivity index (χ2v) is 8.19. The first-order chi connectivity index (χ1) is 14.5. The fourth-order valence-corrected chi connectivity index (χ4v) is 3.84. The third kappa shape index (κ3) is 5.81. The van der Waals surface area contributed by atoms with Crippen LogP contribution in [0.25, 0.3) is 0 Å². The predicted molar refractivity (Wildman–Crippen MR) is 116 cm³/mol. The second-order valence-electron chi connectivity index (χ2n) is 6.51. The molecule has 0 aromatic heterocycles. The van der Waals surface area contributed by atoms with Crippen LogP contribution in [0.4, 0.5) is 15.8 Å². The van der Waals surface area contributed by atoms with Crippen LogP contribution in [0.1, 0.15) is 16.8 Å². The summed E-state index contributed by atoms with van der Waals surface area (Å²) in [6.07, 6.45) is 0.699. The molecule has 3 N–H and O–H groups in total.